The molecule has 0 aliphatic carbocycles. The zero-order valence-electron chi connectivity index (χ0n) is 10.7. The number of alkyl halides is 3. The van der Waals surface area contributed by atoms with Crippen molar-refractivity contribution in [3.63, 3.8) is 0 Å². The molecule has 2 aromatic rings. The molecular weight excluding hydrogens is 431 g/mol. The van der Waals surface area contributed by atoms with Crippen molar-refractivity contribution in [3.8, 4) is 5.75 Å². The second-order valence-corrected chi connectivity index (χ2v) is 5.40. The van der Waals surface area contributed by atoms with Gasteiger partial charge >= 0.3 is 6.18 Å². The Labute approximate surface area is 141 Å². The van der Waals surface area contributed by atoms with Crippen LogP contribution in [0.25, 0.3) is 0 Å². The molecule has 8 heteroatoms. The Balaban J connectivity index is 2.21. The van der Waals surface area contributed by atoms with E-state index in [9.17, 15) is 18.0 Å². The van der Waals surface area contributed by atoms with Gasteiger partial charge in [0.1, 0.15) is 0 Å². The van der Waals surface area contributed by atoms with Gasteiger partial charge in [0.2, 0.25) is 0 Å². The van der Waals surface area contributed by atoms with Crippen molar-refractivity contribution in [2.24, 2.45) is 0 Å². The standard InChI is InChI=1S/C14H8Br2F3NO2/c15-11-3-1-2-10(12(11)22-16)13(21)20-9-6-4-8(5-7-9)14(17,18)19/h1-7H,(H,20,21). The maximum Gasteiger partial charge on any atom is 0.416 e. The molecule has 0 fully saturated rings. The van der Waals surface area contributed by atoms with Crippen LogP contribution in [0.15, 0.2) is 46.9 Å². The number of hydrogen-bond donors (Lipinski definition) is 1. The molecule has 0 saturated heterocycles. The number of anilines is 1. The summed E-state index contributed by atoms with van der Waals surface area (Å²) >= 11 is 6.04. The van der Waals surface area contributed by atoms with Crippen LogP contribution in [0.3, 0.4) is 0 Å². The van der Waals surface area contributed by atoms with Crippen molar-refractivity contribution in [2.45, 2.75) is 6.18 Å². The van der Waals surface area contributed by atoms with Gasteiger partial charge in [0.05, 0.1) is 15.6 Å². The summed E-state index contributed by atoms with van der Waals surface area (Å²) in [5.74, 6) is -0.234. The second-order valence-electron chi connectivity index (χ2n) is 4.22. The van der Waals surface area contributed by atoms with E-state index in [0.717, 1.165) is 12.1 Å². The molecule has 0 heterocycles. The Bertz CT molecular complexity index is 687. The van der Waals surface area contributed by atoms with Gasteiger partial charge in [-0.25, -0.2) is 0 Å². The Morgan fingerprint density at radius 1 is 1.09 bits per heavy atom. The fraction of sp³-hybridized carbons (Fsp3) is 0.0714. The van der Waals surface area contributed by atoms with E-state index in [1.165, 1.54) is 18.2 Å². The van der Waals surface area contributed by atoms with Crippen LogP contribution in [-0.2, 0) is 6.18 Å². The van der Waals surface area contributed by atoms with Gasteiger partial charge in [-0.2, -0.15) is 13.2 Å². The summed E-state index contributed by atoms with van der Waals surface area (Å²) in [6, 6.07) is 9.03. The smallest absolute Gasteiger partial charge is 0.416 e. The highest BCUT2D eigenvalue weighted by molar-refractivity contribution is 9.10. The first-order valence-corrected chi connectivity index (χ1v) is 7.32. The number of amides is 1. The van der Waals surface area contributed by atoms with Crippen LogP contribution >= 0.6 is 32.2 Å². The van der Waals surface area contributed by atoms with Crippen molar-refractivity contribution in [1.29, 1.82) is 0 Å². The summed E-state index contributed by atoms with van der Waals surface area (Å²) in [4.78, 5) is 12.2. The molecule has 116 valence electrons. The SMILES string of the molecule is O=C(Nc1ccc(C(F)(F)F)cc1)c1cccc(Br)c1OBr. The summed E-state index contributed by atoms with van der Waals surface area (Å²) in [5.41, 5.74) is -0.304. The van der Waals surface area contributed by atoms with Gasteiger partial charge in [-0.15, -0.1) is 0 Å². The number of carbonyl (C=O) groups excluding carboxylic acids is 1. The summed E-state index contributed by atoms with van der Waals surface area (Å²) in [6.45, 7) is 0. The lowest BCUT2D eigenvalue weighted by Gasteiger charge is -2.11. The third kappa shape index (κ3) is 3.80. The highest BCUT2D eigenvalue weighted by Gasteiger charge is 2.30. The first-order chi connectivity index (χ1) is 10.3. The van der Waals surface area contributed by atoms with Crippen molar-refractivity contribution in [3.05, 3.63) is 58.1 Å². The Kier molecular flexibility index (Phi) is 5.12. The molecule has 0 unspecified atom stereocenters. The largest absolute Gasteiger partial charge is 0.416 e. The van der Waals surface area contributed by atoms with Crippen LogP contribution in [0.1, 0.15) is 15.9 Å². The average Bonchev–Trinajstić information content (AvgIpc) is 2.46. The molecule has 22 heavy (non-hydrogen) atoms. The molecule has 1 N–H and O–H groups in total. The summed E-state index contributed by atoms with van der Waals surface area (Å²) in [6.07, 6.45) is -4.41. The van der Waals surface area contributed by atoms with Crippen LogP contribution in [0, 0.1) is 0 Å². The summed E-state index contributed by atoms with van der Waals surface area (Å²) in [5, 5.41) is 2.51. The molecule has 0 radical (unpaired) electrons. The lowest BCUT2D eigenvalue weighted by Crippen LogP contribution is -2.13. The van der Waals surface area contributed by atoms with E-state index in [2.05, 4.69) is 37.5 Å². The van der Waals surface area contributed by atoms with Crippen molar-refractivity contribution in [1.82, 2.24) is 0 Å². The topological polar surface area (TPSA) is 38.3 Å². The summed E-state index contributed by atoms with van der Waals surface area (Å²) < 4.78 is 42.9. The van der Waals surface area contributed by atoms with Gasteiger partial charge in [0, 0.05) is 5.69 Å². The predicted octanol–water partition coefficient (Wildman–Crippen LogP) is 5.41. The van der Waals surface area contributed by atoms with Crippen molar-refractivity contribution >= 4 is 43.8 Å². The van der Waals surface area contributed by atoms with Gasteiger partial charge in [-0.3, -0.25) is 4.79 Å². The molecular formula is C14H8Br2F3NO2. The van der Waals surface area contributed by atoms with Gasteiger partial charge in [0.15, 0.2) is 22.0 Å². The number of nitrogens with one attached hydrogen (secondary N) is 1. The number of halogens is 5. The number of para-hydroxylation sites is 1. The zero-order chi connectivity index (χ0) is 16.3. The van der Waals surface area contributed by atoms with Gasteiger partial charge in [-0.05, 0) is 52.3 Å². The van der Waals surface area contributed by atoms with Gasteiger partial charge in [0.25, 0.3) is 5.91 Å². The molecule has 0 aliphatic heterocycles. The predicted molar refractivity (Wildman–Crippen MR) is 83.1 cm³/mol. The third-order valence-corrected chi connectivity index (χ3v) is 3.71. The Morgan fingerprint density at radius 3 is 2.27 bits per heavy atom. The Hall–Kier alpha value is -1.54. The maximum atomic E-state index is 12.5. The lowest BCUT2D eigenvalue weighted by molar-refractivity contribution is -0.137. The average molecular weight is 439 g/mol. The van der Waals surface area contributed by atoms with E-state index >= 15 is 0 Å². The normalized spacial score (nSPS) is 11.1. The Morgan fingerprint density at radius 2 is 1.73 bits per heavy atom. The number of benzene rings is 2. The molecule has 3 nitrogen and oxygen atoms in total. The quantitative estimate of drug-likeness (QED) is 0.695. The minimum absolute atomic E-state index is 0.228. The molecule has 1 amide bonds. The highest BCUT2D eigenvalue weighted by Crippen LogP contribution is 2.32. The van der Waals surface area contributed by atoms with Gasteiger partial charge < -0.3 is 9.15 Å². The van der Waals surface area contributed by atoms with Crippen LogP contribution in [0.4, 0.5) is 18.9 Å². The second kappa shape index (κ2) is 6.70. The molecule has 0 saturated carbocycles. The minimum atomic E-state index is -4.41. The first kappa shape index (κ1) is 16.8. The molecule has 0 aliphatic rings. The highest BCUT2D eigenvalue weighted by atomic mass is 79.9. The monoisotopic (exact) mass is 437 g/mol. The minimum Gasteiger partial charge on any atom is -0.416 e. The molecule has 0 bridgehead atoms. The first-order valence-electron chi connectivity index (χ1n) is 5.88. The van der Waals surface area contributed by atoms with E-state index < -0.39 is 17.6 Å². The number of rotatable bonds is 3. The molecule has 2 rings (SSSR count). The van der Waals surface area contributed by atoms with E-state index in [0.29, 0.717) is 4.47 Å². The zero-order valence-corrected chi connectivity index (χ0v) is 13.9. The van der Waals surface area contributed by atoms with E-state index in [1.807, 2.05) is 0 Å². The molecule has 2 aromatic carbocycles. The fourth-order valence-corrected chi connectivity index (χ4v) is 2.72. The van der Waals surface area contributed by atoms with E-state index in [-0.39, 0.29) is 17.0 Å². The number of hydrogen-bond acceptors (Lipinski definition) is 2. The molecule has 0 spiro atoms. The van der Waals surface area contributed by atoms with E-state index in [4.69, 9.17) is 3.83 Å². The van der Waals surface area contributed by atoms with Crippen LogP contribution in [-0.4, -0.2) is 5.91 Å². The van der Waals surface area contributed by atoms with E-state index in [1.54, 1.807) is 12.1 Å². The lowest BCUT2D eigenvalue weighted by atomic mass is 10.1. The molecule has 0 atom stereocenters. The molecule has 0 aromatic heterocycles. The van der Waals surface area contributed by atoms with Crippen LogP contribution < -0.4 is 9.15 Å². The van der Waals surface area contributed by atoms with Crippen LogP contribution in [0.2, 0.25) is 0 Å². The maximum absolute atomic E-state index is 12.5. The summed E-state index contributed by atoms with van der Waals surface area (Å²) in [7, 11) is 0. The third-order valence-electron chi connectivity index (χ3n) is 2.76. The van der Waals surface area contributed by atoms with Gasteiger partial charge in [-0.1, -0.05) is 6.07 Å². The van der Waals surface area contributed by atoms with Crippen LogP contribution in [0.5, 0.6) is 5.75 Å². The van der Waals surface area contributed by atoms with Crippen molar-refractivity contribution < 1.29 is 21.8 Å². The number of carbonyl (C=O) groups is 1. The fourth-order valence-electron chi connectivity index (χ4n) is 1.71. The van der Waals surface area contributed by atoms with Crippen molar-refractivity contribution in [2.75, 3.05) is 5.32 Å².